The lowest BCUT2D eigenvalue weighted by Gasteiger charge is -2.07. The number of aliphatic carboxylic acids is 1. The van der Waals surface area contributed by atoms with Crippen LogP contribution in [-0.4, -0.2) is 21.0 Å². The summed E-state index contributed by atoms with van der Waals surface area (Å²) in [4.78, 5) is 32.3. The summed E-state index contributed by atoms with van der Waals surface area (Å²) in [6, 6.07) is 0. The Balaban J connectivity index is 1.95. The predicted molar refractivity (Wildman–Crippen MR) is 77.4 cm³/mol. The van der Waals surface area contributed by atoms with E-state index in [4.69, 9.17) is 5.11 Å². The van der Waals surface area contributed by atoms with E-state index in [1.165, 1.54) is 10.4 Å². The van der Waals surface area contributed by atoms with Crippen LogP contribution < -0.4 is 5.56 Å². The van der Waals surface area contributed by atoms with Gasteiger partial charge in [0, 0.05) is 17.7 Å². The number of carbonyl (C=O) groups is 1. The molecule has 1 aliphatic carbocycles. The zero-order valence-electron chi connectivity index (χ0n) is 11.2. The Morgan fingerprint density at radius 1 is 1.50 bits per heavy atom. The number of thiophene rings is 1. The normalized spacial score (nSPS) is 15.4. The van der Waals surface area contributed by atoms with Crippen LogP contribution in [0.5, 0.6) is 0 Å². The number of hydrogen-bond acceptors (Lipinski definition) is 4. The van der Waals surface area contributed by atoms with Gasteiger partial charge < -0.3 is 10.1 Å². The van der Waals surface area contributed by atoms with E-state index in [-0.39, 0.29) is 17.9 Å². The fourth-order valence-corrected chi connectivity index (χ4v) is 4.12. The van der Waals surface area contributed by atoms with Gasteiger partial charge in [-0.05, 0) is 30.7 Å². The Morgan fingerprint density at radius 2 is 2.30 bits per heavy atom. The van der Waals surface area contributed by atoms with Gasteiger partial charge in [0.05, 0.1) is 5.39 Å². The molecule has 0 amide bonds. The summed E-state index contributed by atoms with van der Waals surface area (Å²) < 4.78 is 0. The number of nitrogens with one attached hydrogen (secondary N) is 1. The average molecular weight is 292 g/mol. The molecule has 1 unspecified atom stereocenters. The van der Waals surface area contributed by atoms with Gasteiger partial charge in [0.25, 0.3) is 5.56 Å². The minimum atomic E-state index is -0.823. The maximum Gasteiger partial charge on any atom is 0.303 e. The van der Waals surface area contributed by atoms with E-state index in [0.717, 1.165) is 29.5 Å². The Kier molecular flexibility index (Phi) is 3.33. The Labute approximate surface area is 119 Å². The summed E-state index contributed by atoms with van der Waals surface area (Å²) in [5.74, 6) is -0.271. The van der Waals surface area contributed by atoms with Gasteiger partial charge in [0.2, 0.25) is 0 Å². The molecule has 0 saturated carbocycles. The highest BCUT2D eigenvalue weighted by Crippen LogP contribution is 2.34. The molecule has 5 nitrogen and oxygen atoms in total. The van der Waals surface area contributed by atoms with E-state index in [2.05, 4.69) is 9.97 Å². The molecule has 0 fully saturated rings. The third kappa shape index (κ3) is 2.35. The van der Waals surface area contributed by atoms with Crippen molar-refractivity contribution in [3.05, 3.63) is 26.6 Å². The van der Waals surface area contributed by atoms with E-state index in [1.807, 2.05) is 6.92 Å². The number of aromatic nitrogens is 2. The van der Waals surface area contributed by atoms with E-state index < -0.39 is 5.97 Å². The quantitative estimate of drug-likeness (QED) is 0.904. The SMILES string of the molecule is CC(CC(=O)O)Cc1nc2sc3c(c2c(=O)[nH]1)CCC3. The number of H-pyrrole nitrogens is 1. The molecule has 2 aromatic rings. The molecular formula is C14H16N2O3S. The standard InChI is InChI=1S/C14H16N2O3S/c1-7(6-11(17)18)5-10-15-13(19)12-8-3-2-4-9(8)20-14(12)16-10/h7H,2-6H2,1H3,(H,17,18)(H,15,16,19). The van der Waals surface area contributed by atoms with Crippen LogP contribution in [0.15, 0.2) is 4.79 Å². The van der Waals surface area contributed by atoms with Gasteiger partial charge >= 0.3 is 5.97 Å². The molecule has 106 valence electrons. The molecule has 0 aliphatic heterocycles. The highest BCUT2D eigenvalue weighted by atomic mass is 32.1. The van der Waals surface area contributed by atoms with Crippen LogP contribution in [0.2, 0.25) is 0 Å². The minimum Gasteiger partial charge on any atom is -0.481 e. The number of aromatic amines is 1. The smallest absolute Gasteiger partial charge is 0.303 e. The molecule has 2 aromatic heterocycles. The zero-order chi connectivity index (χ0) is 14.3. The van der Waals surface area contributed by atoms with Crippen molar-refractivity contribution < 1.29 is 9.90 Å². The van der Waals surface area contributed by atoms with Crippen molar-refractivity contribution in [2.24, 2.45) is 5.92 Å². The van der Waals surface area contributed by atoms with Crippen LogP contribution in [0.3, 0.4) is 0 Å². The molecule has 1 aliphatic rings. The number of carboxylic acid groups (broad SMARTS) is 1. The number of aryl methyl sites for hydroxylation is 2. The Bertz CT molecular complexity index is 732. The van der Waals surface area contributed by atoms with Crippen LogP contribution in [0.4, 0.5) is 0 Å². The van der Waals surface area contributed by atoms with Gasteiger partial charge in [-0.25, -0.2) is 4.98 Å². The molecule has 0 bridgehead atoms. The molecule has 0 saturated heterocycles. The molecule has 0 radical (unpaired) electrons. The number of fused-ring (bicyclic) bond motifs is 3. The second kappa shape index (κ2) is 5.01. The van der Waals surface area contributed by atoms with Crippen LogP contribution in [0, 0.1) is 5.92 Å². The Morgan fingerprint density at radius 3 is 3.05 bits per heavy atom. The van der Waals surface area contributed by atoms with Crippen molar-refractivity contribution >= 4 is 27.5 Å². The summed E-state index contributed by atoms with van der Waals surface area (Å²) in [6.07, 6.45) is 3.70. The van der Waals surface area contributed by atoms with Gasteiger partial charge in [0.15, 0.2) is 0 Å². The second-order valence-corrected chi connectivity index (χ2v) is 6.54. The lowest BCUT2D eigenvalue weighted by molar-refractivity contribution is -0.137. The first-order chi connectivity index (χ1) is 9.54. The molecule has 0 spiro atoms. The summed E-state index contributed by atoms with van der Waals surface area (Å²) in [6.45, 7) is 1.85. The zero-order valence-corrected chi connectivity index (χ0v) is 12.0. The largest absolute Gasteiger partial charge is 0.481 e. The van der Waals surface area contributed by atoms with E-state index in [9.17, 15) is 9.59 Å². The molecular weight excluding hydrogens is 276 g/mol. The van der Waals surface area contributed by atoms with Crippen LogP contribution >= 0.6 is 11.3 Å². The third-order valence-corrected chi connectivity index (χ3v) is 4.87. The van der Waals surface area contributed by atoms with Gasteiger partial charge in [0.1, 0.15) is 10.7 Å². The van der Waals surface area contributed by atoms with Crippen molar-refractivity contribution in [1.29, 1.82) is 0 Å². The summed E-state index contributed by atoms with van der Waals surface area (Å²) in [5, 5.41) is 9.52. The van der Waals surface area contributed by atoms with Crippen molar-refractivity contribution in [2.45, 2.75) is 39.0 Å². The monoisotopic (exact) mass is 292 g/mol. The van der Waals surface area contributed by atoms with Crippen LogP contribution in [0.1, 0.15) is 36.0 Å². The van der Waals surface area contributed by atoms with Crippen LogP contribution in [-0.2, 0) is 24.1 Å². The number of hydrogen-bond donors (Lipinski definition) is 2. The molecule has 6 heteroatoms. The fraction of sp³-hybridized carbons (Fsp3) is 0.500. The summed E-state index contributed by atoms with van der Waals surface area (Å²) >= 11 is 1.61. The second-order valence-electron chi connectivity index (χ2n) is 5.46. The van der Waals surface area contributed by atoms with Gasteiger partial charge in [-0.3, -0.25) is 9.59 Å². The van der Waals surface area contributed by atoms with Gasteiger partial charge in [-0.1, -0.05) is 6.92 Å². The fourth-order valence-electron chi connectivity index (χ4n) is 2.84. The number of rotatable bonds is 4. The maximum atomic E-state index is 12.2. The first-order valence-electron chi connectivity index (χ1n) is 6.80. The topological polar surface area (TPSA) is 83.0 Å². The molecule has 2 heterocycles. The van der Waals surface area contributed by atoms with Crippen LogP contribution in [0.25, 0.3) is 10.2 Å². The maximum absolute atomic E-state index is 12.2. The summed E-state index contributed by atoms with van der Waals surface area (Å²) in [5.41, 5.74) is 1.09. The lowest BCUT2D eigenvalue weighted by Crippen LogP contribution is -2.15. The van der Waals surface area contributed by atoms with Gasteiger partial charge in [-0.15, -0.1) is 11.3 Å². The van der Waals surface area contributed by atoms with E-state index >= 15 is 0 Å². The summed E-state index contributed by atoms with van der Waals surface area (Å²) in [7, 11) is 0. The molecule has 0 aromatic carbocycles. The first-order valence-corrected chi connectivity index (χ1v) is 7.61. The molecule has 20 heavy (non-hydrogen) atoms. The molecule has 2 N–H and O–H groups in total. The molecule has 3 rings (SSSR count). The van der Waals surface area contributed by atoms with Crippen molar-refractivity contribution in [3.63, 3.8) is 0 Å². The average Bonchev–Trinajstić information content (AvgIpc) is 2.86. The van der Waals surface area contributed by atoms with Crippen molar-refractivity contribution in [2.75, 3.05) is 0 Å². The van der Waals surface area contributed by atoms with Crippen molar-refractivity contribution in [1.82, 2.24) is 9.97 Å². The van der Waals surface area contributed by atoms with Crippen molar-refractivity contribution in [3.8, 4) is 0 Å². The predicted octanol–water partition coefficient (Wildman–Crippen LogP) is 2.13. The number of nitrogens with zero attached hydrogens (tertiary/aromatic N) is 1. The molecule has 1 atom stereocenters. The van der Waals surface area contributed by atoms with E-state index in [0.29, 0.717) is 12.2 Å². The minimum absolute atomic E-state index is 0.0418. The van der Waals surface area contributed by atoms with E-state index in [1.54, 1.807) is 11.3 Å². The van der Waals surface area contributed by atoms with Gasteiger partial charge in [-0.2, -0.15) is 0 Å². The third-order valence-electron chi connectivity index (χ3n) is 3.69. The first kappa shape index (κ1) is 13.3. The lowest BCUT2D eigenvalue weighted by atomic mass is 10.0. The highest BCUT2D eigenvalue weighted by Gasteiger charge is 2.21. The highest BCUT2D eigenvalue weighted by molar-refractivity contribution is 7.18. The number of carboxylic acids is 1. The Hall–Kier alpha value is -1.69.